The minimum Gasteiger partial charge on any atom is -0.449 e. The summed E-state index contributed by atoms with van der Waals surface area (Å²) in [7, 11) is 0. The predicted molar refractivity (Wildman–Crippen MR) is 128 cm³/mol. The molecule has 0 bridgehead atoms. The molecule has 3 aromatic rings. The molecule has 8 nitrogen and oxygen atoms in total. The van der Waals surface area contributed by atoms with Gasteiger partial charge in [-0.1, -0.05) is 12.1 Å². The number of nitrogens with zero attached hydrogens (tertiary/aromatic N) is 3. The molecule has 0 saturated carbocycles. The van der Waals surface area contributed by atoms with Crippen LogP contribution >= 0.6 is 0 Å². The summed E-state index contributed by atoms with van der Waals surface area (Å²) in [6.45, 7) is 5.30. The first-order chi connectivity index (χ1) is 17.0. The number of rotatable bonds is 8. The highest BCUT2D eigenvalue weighted by atomic mass is 19.2. The highest BCUT2D eigenvalue weighted by Crippen LogP contribution is 2.19. The number of benzene rings is 2. The summed E-state index contributed by atoms with van der Waals surface area (Å²) in [5.74, 6) is -1.94. The Morgan fingerprint density at radius 1 is 1.06 bits per heavy atom. The van der Waals surface area contributed by atoms with E-state index in [0.29, 0.717) is 23.6 Å². The van der Waals surface area contributed by atoms with Gasteiger partial charge in [-0.2, -0.15) is 5.10 Å². The van der Waals surface area contributed by atoms with Crippen LogP contribution in [0.25, 0.3) is 11.3 Å². The van der Waals surface area contributed by atoms with Crippen LogP contribution in [0.2, 0.25) is 0 Å². The van der Waals surface area contributed by atoms with E-state index in [-0.39, 0.29) is 12.1 Å². The Bertz CT molecular complexity index is 1230. The van der Waals surface area contributed by atoms with Gasteiger partial charge in [-0.25, -0.2) is 18.3 Å². The van der Waals surface area contributed by atoms with Crippen LogP contribution in [0.5, 0.6) is 0 Å². The van der Waals surface area contributed by atoms with E-state index in [4.69, 9.17) is 4.74 Å². The molecule has 0 spiro atoms. The van der Waals surface area contributed by atoms with Gasteiger partial charge in [-0.15, -0.1) is 0 Å². The largest absolute Gasteiger partial charge is 0.449 e. The second-order valence-electron chi connectivity index (χ2n) is 8.25. The first-order valence-electron chi connectivity index (χ1n) is 11.5. The van der Waals surface area contributed by atoms with Gasteiger partial charge in [0.15, 0.2) is 11.6 Å². The topological polar surface area (TPSA) is 88.5 Å². The van der Waals surface area contributed by atoms with Gasteiger partial charge in [0.1, 0.15) is 0 Å². The fraction of sp³-hybridized carbons (Fsp3) is 0.320. The lowest BCUT2D eigenvalue weighted by Crippen LogP contribution is -2.43. The molecule has 35 heavy (non-hydrogen) atoms. The highest BCUT2D eigenvalue weighted by Gasteiger charge is 2.11. The number of aromatic nitrogens is 2. The van der Waals surface area contributed by atoms with Gasteiger partial charge in [0.05, 0.1) is 18.8 Å². The Morgan fingerprint density at radius 3 is 2.69 bits per heavy atom. The minimum atomic E-state index is -0.989. The highest BCUT2D eigenvalue weighted by molar-refractivity contribution is 5.84. The molecule has 184 valence electrons. The summed E-state index contributed by atoms with van der Waals surface area (Å²) in [5, 5.41) is 10.3. The molecule has 0 atom stereocenters. The van der Waals surface area contributed by atoms with E-state index in [1.807, 2.05) is 0 Å². The van der Waals surface area contributed by atoms with Crippen molar-refractivity contribution in [3.63, 3.8) is 0 Å². The van der Waals surface area contributed by atoms with Crippen LogP contribution in [0.3, 0.4) is 0 Å². The third-order valence-electron chi connectivity index (χ3n) is 5.65. The predicted octanol–water partition coefficient (Wildman–Crippen LogP) is 3.08. The van der Waals surface area contributed by atoms with Crippen molar-refractivity contribution in [3.8, 4) is 11.3 Å². The Hall–Kier alpha value is -3.63. The van der Waals surface area contributed by atoms with E-state index in [2.05, 4.69) is 20.6 Å². The first-order valence-corrected chi connectivity index (χ1v) is 11.5. The Balaban J connectivity index is 1.34. The first kappa shape index (κ1) is 24.5. The maximum absolute atomic E-state index is 13.6. The molecule has 2 aromatic carbocycles. The van der Waals surface area contributed by atoms with Crippen molar-refractivity contribution in [1.82, 2.24) is 20.0 Å². The fourth-order valence-corrected chi connectivity index (χ4v) is 3.83. The SMILES string of the molecule is O=C(Nc1cccc(Cn2nc(-c3ccc(F)c(F)c3)ccc2=O)c1)OCCCN1CCNCC1. The van der Waals surface area contributed by atoms with Gasteiger partial charge in [-0.05, 0) is 48.4 Å². The van der Waals surface area contributed by atoms with Crippen molar-refractivity contribution < 1.29 is 18.3 Å². The second-order valence-corrected chi connectivity index (χ2v) is 8.25. The van der Waals surface area contributed by atoms with Gasteiger partial charge in [0.2, 0.25) is 0 Å². The van der Waals surface area contributed by atoms with Gasteiger partial charge >= 0.3 is 6.09 Å². The lowest BCUT2D eigenvalue weighted by molar-refractivity contribution is 0.149. The van der Waals surface area contributed by atoms with Gasteiger partial charge in [0, 0.05) is 50.0 Å². The molecule has 1 aliphatic heterocycles. The second kappa shape index (κ2) is 11.7. The van der Waals surface area contributed by atoms with E-state index in [9.17, 15) is 18.4 Å². The van der Waals surface area contributed by atoms with Gasteiger partial charge in [0.25, 0.3) is 5.56 Å². The Kier molecular flexibility index (Phi) is 8.17. The molecule has 1 saturated heterocycles. The molecular weight excluding hydrogens is 456 g/mol. The molecular formula is C25H27F2N5O3. The number of anilines is 1. The summed E-state index contributed by atoms with van der Waals surface area (Å²) in [6.07, 6.45) is 0.217. The fourth-order valence-electron chi connectivity index (χ4n) is 3.83. The monoisotopic (exact) mass is 483 g/mol. The Labute approximate surface area is 201 Å². The number of amides is 1. The molecule has 1 amide bonds. The zero-order chi connectivity index (χ0) is 24.6. The van der Waals surface area contributed by atoms with E-state index in [1.165, 1.54) is 22.9 Å². The molecule has 1 aliphatic rings. The number of carbonyl (C=O) groups is 1. The van der Waals surface area contributed by atoms with Crippen molar-refractivity contribution in [2.45, 2.75) is 13.0 Å². The third kappa shape index (κ3) is 6.93. The number of carbonyl (C=O) groups excluding carboxylic acids is 1. The number of nitrogens with one attached hydrogen (secondary N) is 2. The summed E-state index contributed by atoms with van der Waals surface area (Å²) in [6, 6.07) is 13.2. The maximum Gasteiger partial charge on any atom is 0.411 e. The van der Waals surface area contributed by atoms with Crippen molar-refractivity contribution in [3.05, 3.63) is 82.1 Å². The molecule has 0 radical (unpaired) electrons. The molecule has 2 N–H and O–H groups in total. The van der Waals surface area contributed by atoms with Crippen LogP contribution in [0, 0.1) is 11.6 Å². The van der Waals surface area contributed by atoms with E-state index >= 15 is 0 Å². The lowest BCUT2D eigenvalue weighted by Gasteiger charge is -2.26. The van der Waals surface area contributed by atoms with E-state index in [0.717, 1.165) is 56.8 Å². The summed E-state index contributed by atoms with van der Waals surface area (Å²) in [4.78, 5) is 26.8. The van der Waals surface area contributed by atoms with Crippen molar-refractivity contribution in [2.24, 2.45) is 0 Å². The number of piperazine rings is 1. The minimum absolute atomic E-state index is 0.131. The zero-order valence-corrected chi connectivity index (χ0v) is 19.2. The van der Waals surface area contributed by atoms with Crippen molar-refractivity contribution in [2.75, 3.05) is 44.6 Å². The summed E-state index contributed by atoms with van der Waals surface area (Å²) < 4.78 is 33.4. The number of halogens is 2. The van der Waals surface area contributed by atoms with Crippen molar-refractivity contribution >= 4 is 11.8 Å². The molecule has 0 aliphatic carbocycles. The van der Waals surface area contributed by atoms with Crippen LogP contribution in [-0.2, 0) is 11.3 Å². The number of ether oxygens (including phenoxy) is 1. The quantitative estimate of drug-likeness (QED) is 0.479. The van der Waals surface area contributed by atoms with E-state index in [1.54, 1.807) is 24.3 Å². The average Bonchev–Trinajstić information content (AvgIpc) is 2.86. The lowest BCUT2D eigenvalue weighted by atomic mass is 10.1. The third-order valence-corrected chi connectivity index (χ3v) is 5.65. The van der Waals surface area contributed by atoms with Crippen LogP contribution in [0.4, 0.5) is 19.3 Å². The van der Waals surface area contributed by atoms with Gasteiger partial charge < -0.3 is 15.0 Å². The standard InChI is InChI=1S/C25H27F2N5O3/c26-21-6-5-19(16-22(21)27)23-7-8-24(33)32(30-23)17-18-3-1-4-20(15-18)29-25(34)35-14-2-11-31-12-9-28-10-13-31/h1,3-8,15-16,28H,2,9-14,17H2,(H,29,34). The van der Waals surface area contributed by atoms with Crippen LogP contribution in [0.1, 0.15) is 12.0 Å². The zero-order valence-electron chi connectivity index (χ0n) is 19.2. The van der Waals surface area contributed by atoms with Crippen LogP contribution < -0.4 is 16.2 Å². The number of hydrogen-bond acceptors (Lipinski definition) is 6. The van der Waals surface area contributed by atoms with Crippen LogP contribution in [0.15, 0.2) is 59.4 Å². The summed E-state index contributed by atoms with van der Waals surface area (Å²) in [5.41, 5.74) is 1.59. The summed E-state index contributed by atoms with van der Waals surface area (Å²) >= 11 is 0. The normalized spacial score (nSPS) is 14.0. The molecule has 4 rings (SSSR count). The molecule has 0 unspecified atom stereocenters. The van der Waals surface area contributed by atoms with Gasteiger partial charge in [-0.3, -0.25) is 10.1 Å². The smallest absolute Gasteiger partial charge is 0.411 e. The molecule has 1 aromatic heterocycles. The molecule has 2 heterocycles. The molecule has 10 heteroatoms. The molecule has 1 fully saturated rings. The number of hydrogen-bond donors (Lipinski definition) is 2. The van der Waals surface area contributed by atoms with E-state index < -0.39 is 17.7 Å². The van der Waals surface area contributed by atoms with Crippen LogP contribution in [-0.4, -0.2) is 60.1 Å². The maximum atomic E-state index is 13.6. The Morgan fingerprint density at radius 2 is 1.89 bits per heavy atom. The van der Waals surface area contributed by atoms with Crippen molar-refractivity contribution in [1.29, 1.82) is 0 Å². The average molecular weight is 484 g/mol.